The number of rotatable bonds is 9. The van der Waals surface area contributed by atoms with Crippen LogP contribution in [0.1, 0.15) is 113 Å². The fourth-order valence-corrected chi connectivity index (χ4v) is 8.20. The third-order valence-corrected chi connectivity index (χ3v) is 10.6. The van der Waals surface area contributed by atoms with E-state index in [0.717, 1.165) is 60.8 Å². The number of likely N-dealkylation sites (tertiary alicyclic amines) is 1. The van der Waals surface area contributed by atoms with E-state index in [9.17, 15) is 24.4 Å². The Hall–Kier alpha value is -4.76. The lowest BCUT2D eigenvalue weighted by Crippen LogP contribution is -2.46. The Kier molecular flexibility index (Phi) is 10.0. The molecule has 3 amide bonds. The van der Waals surface area contributed by atoms with Crippen molar-refractivity contribution in [1.29, 1.82) is 5.26 Å². The first kappa shape index (κ1) is 34.1. The van der Waals surface area contributed by atoms with Crippen LogP contribution in [0.4, 0.5) is 0 Å². The molecule has 2 aromatic carbocycles. The number of aromatic nitrogens is 2. The van der Waals surface area contributed by atoms with Crippen LogP contribution >= 0.6 is 0 Å². The number of fused-ring (bicyclic) bond motifs is 2. The van der Waals surface area contributed by atoms with Gasteiger partial charge in [0.25, 0.3) is 11.8 Å². The molecule has 0 bridgehead atoms. The molecule has 1 unspecified atom stereocenters. The summed E-state index contributed by atoms with van der Waals surface area (Å²) >= 11 is 0. The molecule has 12 nitrogen and oxygen atoms in total. The van der Waals surface area contributed by atoms with Crippen molar-refractivity contribution in [1.82, 2.24) is 30.6 Å². The van der Waals surface area contributed by atoms with E-state index in [4.69, 9.17) is 4.52 Å². The van der Waals surface area contributed by atoms with Crippen LogP contribution in [0, 0.1) is 11.3 Å². The number of nitriles is 1. The van der Waals surface area contributed by atoms with Crippen LogP contribution in [0.2, 0.25) is 0 Å². The number of benzene rings is 2. The first-order chi connectivity index (χ1) is 23.7. The lowest BCUT2D eigenvalue weighted by Gasteiger charge is -2.39. The third-order valence-electron chi connectivity index (χ3n) is 10.6. The molecule has 49 heavy (non-hydrogen) atoms. The Morgan fingerprint density at radius 1 is 0.959 bits per heavy atom. The summed E-state index contributed by atoms with van der Waals surface area (Å²) in [7, 11) is 3.20. The zero-order valence-corrected chi connectivity index (χ0v) is 28.5. The average Bonchev–Trinajstić information content (AvgIpc) is 3.75. The van der Waals surface area contributed by atoms with Gasteiger partial charge in [-0.25, -0.2) is 4.79 Å². The molecule has 1 aromatic heterocycles. The number of hydrogen-bond donors (Lipinski definition) is 3. The van der Waals surface area contributed by atoms with Crippen LogP contribution in [0.3, 0.4) is 0 Å². The summed E-state index contributed by atoms with van der Waals surface area (Å²) in [4.78, 5) is 58.5. The summed E-state index contributed by atoms with van der Waals surface area (Å²) in [6, 6.07) is 12.9. The van der Waals surface area contributed by atoms with Gasteiger partial charge in [-0.15, -0.1) is 0 Å². The minimum absolute atomic E-state index is 0.0502. The minimum atomic E-state index is -1.05. The SMILES string of the molecule is CNC(=O)c1ccc2c(c1)CCc1cc(C(=O)NC)ccc1C2(C[C@@H](C)NCC(=O)N1CCCC1C#N)c1nc(=O)on1C1CCCCC1. The van der Waals surface area contributed by atoms with E-state index < -0.39 is 17.2 Å². The average molecular weight is 668 g/mol. The standard InChI is InChI=1S/C37H45N7O5/c1-23(41-22-32(45)43-17-7-10-29(43)21-38)20-37(35-42-36(48)49-44(35)28-8-5-4-6-9-28)30-15-13-26(33(46)39-2)18-24(30)11-12-25-19-27(34(47)40-3)14-16-31(25)37/h13-16,18-19,23,28-29,41H,4-12,17,20,22H2,1-3H3,(H,39,46)(H,40,47)/t23-,29?/m1/s1. The molecule has 2 heterocycles. The zero-order valence-electron chi connectivity index (χ0n) is 28.5. The van der Waals surface area contributed by atoms with Gasteiger partial charge in [0.2, 0.25) is 5.91 Å². The number of nitrogens with one attached hydrogen (secondary N) is 3. The number of aryl methyl sites for hydroxylation is 2. The van der Waals surface area contributed by atoms with Gasteiger partial charge in [-0.2, -0.15) is 15.0 Å². The Labute approximate surface area is 286 Å². The van der Waals surface area contributed by atoms with Crippen molar-refractivity contribution in [3.63, 3.8) is 0 Å². The quantitative estimate of drug-likeness (QED) is 0.313. The highest BCUT2D eigenvalue weighted by Crippen LogP contribution is 2.48. The van der Waals surface area contributed by atoms with Crippen LogP contribution in [0.5, 0.6) is 0 Å². The predicted octanol–water partition coefficient (Wildman–Crippen LogP) is 3.38. The molecule has 3 N–H and O–H groups in total. The van der Waals surface area contributed by atoms with Gasteiger partial charge in [-0.3, -0.25) is 14.4 Å². The highest BCUT2D eigenvalue weighted by Gasteiger charge is 2.47. The van der Waals surface area contributed by atoms with Gasteiger partial charge in [0.15, 0.2) is 5.82 Å². The summed E-state index contributed by atoms with van der Waals surface area (Å²) in [5.74, 6) is -0.730. The van der Waals surface area contributed by atoms with Crippen LogP contribution in [-0.4, -0.2) is 71.6 Å². The first-order valence-electron chi connectivity index (χ1n) is 17.4. The molecule has 3 aromatic rings. The van der Waals surface area contributed by atoms with Crippen molar-refractivity contribution in [2.24, 2.45) is 0 Å². The minimum Gasteiger partial charge on any atom is -0.355 e. The van der Waals surface area contributed by atoms with E-state index >= 15 is 0 Å². The highest BCUT2D eigenvalue weighted by molar-refractivity contribution is 5.95. The van der Waals surface area contributed by atoms with Gasteiger partial charge in [0.1, 0.15) is 6.04 Å². The van der Waals surface area contributed by atoms with Gasteiger partial charge in [-0.05, 0) is 98.4 Å². The van der Waals surface area contributed by atoms with Gasteiger partial charge >= 0.3 is 5.76 Å². The number of carbonyl (C=O) groups excluding carboxylic acids is 3. The predicted molar refractivity (Wildman–Crippen MR) is 182 cm³/mol. The van der Waals surface area contributed by atoms with Crippen LogP contribution in [0.25, 0.3) is 0 Å². The Morgan fingerprint density at radius 3 is 2.14 bits per heavy atom. The molecule has 0 spiro atoms. The maximum absolute atomic E-state index is 13.3. The second-order valence-corrected chi connectivity index (χ2v) is 13.6. The molecule has 12 heteroatoms. The van der Waals surface area contributed by atoms with Crippen LogP contribution < -0.4 is 21.7 Å². The van der Waals surface area contributed by atoms with Gasteiger partial charge in [-0.1, -0.05) is 31.4 Å². The molecule has 2 atom stereocenters. The normalized spacial score (nSPS) is 19.2. The summed E-state index contributed by atoms with van der Waals surface area (Å²) in [5, 5.41) is 18.5. The maximum Gasteiger partial charge on any atom is 0.459 e. The Morgan fingerprint density at radius 2 is 1.57 bits per heavy atom. The second-order valence-electron chi connectivity index (χ2n) is 13.6. The topological polar surface area (TPSA) is 162 Å². The largest absolute Gasteiger partial charge is 0.459 e. The van der Waals surface area contributed by atoms with Gasteiger partial charge in [0, 0.05) is 37.8 Å². The smallest absolute Gasteiger partial charge is 0.355 e. The molecule has 3 aliphatic rings. The van der Waals surface area contributed by atoms with Crippen molar-refractivity contribution in [2.45, 2.75) is 94.7 Å². The van der Waals surface area contributed by atoms with Gasteiger partial charge < -0.3 is 25.4 Å². The number of amides is 3. The molecule has 2 fully saturated rings. The van der Waals surface area contributed by atoms with E-state index in [0.29, 0.717) is 49.2 Å². The van der Waals surface area contributed by atoms with Crippen LogP contribution in [0.15, 0.2) is 45.7 Å². The van der Waals surface area contributed by atoms with E-state index in [1.807, 2.05) is 31.2 Å². The van der Waals surface area contributed by atoms with E-state index in [1.54, 1.807) is 35.9 Å². The zero-order chi connectivity index (χ0) is 34.7. The maximum atomic E-state index is 13.3. The van der Waals surface area contributed by atoms with Crippen molar-refractivity contribution in [3.8, 4) is 6.07 Å². The van der Waals surface area contributed by atoms with Crippen molar-refractivity contribution >= 4 is 17.7 Å². The number of nitrogens with zero attached hydrogens (tertiary/aromatic N) is 4. The summed E-state index contributed by atoms with van der Waals surface area (Å²) < 4.78 is 7.68. The van der Waals surface area contributed by atoms with E-state index in [-0.39, 0.29) is 36.3 Å². The Balaban J connectivity index is 1.53. The summed E-state index contributed by atoms with van der Waals surface area (Å²) in [6.45, 7) is 2.62. The molecule has 1 saturated heterocycles. The fraction of sp³-hybridized carbons (Fsp3) is 0.514. The Bertz CT molecular complexity index is 1770. The molecule has 258 valence electrons. The second kappa shape index (κ2) is 14.4. The van der Waals surface area contributed by atoms with Crippen LogP contribution in [-0.2, 0) is 23.1 Å². The van der Waals surface area contributed by atoms with E-state index in [1.165, 1.54) is 0 Å². The monoisotopic (exact) mass is 667 g/mol. The lowest BCUT2D eigenvalue weighted by atomic mass is 9.67. The first-order valence-corrected chi connectivity index (χ1v) is 17.4. The molecule has 2 aliphatic carbocycles. The molecule has 0 radical (unpaired) electrons. The molecular formula is C37H45N7O5. The molecule has 6 rings (SSSR count). The van der Waals surface area contributed by atoms with E-state index in [2.05, 4.69) is 27.0 Å². The summed E-state index contributed by atoms with van der Waals surface area (Å²) in [6.07, 6.45) is 7.88. The van der Waals surface area contributed by atoms with Crippen molar-refractivity contribution < 1.29 is 18.9 Å². The fourth-order valence-electron chi connectivity index (χ4n) is 8.20. The van der Waals surface area contributed by atoms with Crippen molar-refractivity contribution in [2.75, 3.05) is 27.2 Å². The summed E-state index contributed by atoms with van der Waals surface area (Å²) in [5.41, 5.74) is 3.65. The van der Waals surface area contributed by atoms with Gasteiger partial charge in [0.05, 0.1) is 24.1 Å². The lowest BCUT2D eigenvalue weighted by molar-refractivity contribution is -0.130. The third kappa shape index (κ3) is 6.52. The van der Waals surface area contributed by atoms with Crippen molar-refractivity contribution in [3.05, 3.63) is 86.2 Å². The highest BCUT2D eigenvalue weighted by atomic mass is 16.5. The number of hydrogen-bond acceptors (Lipinski definition) is 8. The number of carbonyl (C=O) groups is 3. The molecule has 1 saturated carbocycles. The molecule has 1 aliphatic heterocycles. The molecular weight excluding hydrogens is 622 g/mol.